The smallest absolute Gasteiger partial charge is 0.410 e. The first-order valence-corrected chi connectivity index (χ1v) is 16.3. The first-order valence-electron chi connectivity index (χ1n) is 16.3. The van der Waals surface area contributed by atoms with Gasteiger partial charge in [0.25, 0.3) is 5.91 Å². The van der Waals surface area contributed by atoms with E-state index in [1.165, 1.54) is 0 Å². The Hall–Kier alpha value is -3.65. The van der Waals surface area contributed by atoms with E-state index in [-0.39, 0.29) is 24.1 Å². The minimum absolute atomic E-state index is 0.153. The lowest BCUT2D eigenvalue weighted by atomic mass is 9.77. The third-order valence-corrected chi connectivity index (χ3v) is 9.01. The number of rotatable bonds is 8. The summed E-state index contributed by atoms with van der Waals surface area (Å²) in [6.45, 7) is 8.87. The van der Waals surface area contributed by atoms with Crippen molar-refractivity contribution >= 4 is 12.0 Å². The van der Waals surface area contributed by atoms with Crippen LogP contribution in [0.2, 0.25) is 0 Å². The average Bonchev–Trinajstić information content (AvgIpc) is 3.45. The van der Waals surface area contributed by atoms with Crippen LogP contribution >= 0.6 is 0 Å². The molecule has 1 N–H and O–H groups in total. The van der Waals surface area contributed by atoms with Gasteiger partial charge in [-0.1, -0.05) is 93.3 Å². The van der Waals surface area contributed by atoms with Crippen molar-refractivity contribution in [2.45, 2.75) is 102 Å². The zero-order valence-electron chi connectivity index (χ0n) is 26.7. The van der Waals surface area contributed by atoms with Crippen LogP contribution in [0, 0.1) is 0 Å². The van der Waals surface area contributed by atoms with Gasteiger partial charge < -0.3 is 24.2 Å². The molecule has 8 heteroatoms. The molecule has 5 rings (SSSR count). The summed E-state index contributed by atoms with van der Waals surface area (Å²) in [5.74, 6) is -0.153. The average molecular weight is 601 g/mol. The van der Waals surface area contributed by atoms with Gasteiger partial charge in [0.15, 0.2) is 5.69 Å². The van der Waals surface area contributed by atoms with Gasteiger partial charge in [-0.2, -0.15) is 0 Å². The molecule has 2 aliphatic rings. The Morgan fingerprint density at radius 1 is 1.02 bits per heavy atom. The van der Waals surface area contributed by atoms with E-state index in [0.29, 0.717) is 31.7 Å². The lowest BCUT2D eigenvalue weighted by molar-refractivity contribution is -0.0492. The third kappa shape index (κ3) is 7.17. The largest absolute Gasteiger partial charge is 0.444 e. The van der Waals surface area contributed by atoms with Crippen LogP contribution in [-0.2, 0) is 11.2 Å². The molecule has 1 aliphatic heterocycles. The summed E-state index contributed by atoms with van der Waals surface area (Å²) in [6, 6.07) is 19.6. The molecule has 0 bridgehead atoms. The topological polar surface area (TPSA) is 87.9 Å². The number of hydrogen-bond donors (Lipinski definition) is 1. The van der Waals surface area contributed by atoms with Gasteiger partial charge in [-0.25, -0.2) is 9.78 Å². The number of nitrogens with zero attached hydrogens (tertiary/aromatic N) is 4. The normalized spacial score (nSPS) is 22.6. The summed E-state index contributed by atoms with van der Waals surface area (Å²) in [5, 5.41) is 12.0. The summed E-state index contributed by atoms with van der Waals surface area (Å²) < 4.78 is 7.78. The summed E-state index contributed by atoms with van der Waals surface area (Å²) in [7, 11) is 0. The molecule has 3 atom stereocenters. The maximum Gasteiger partial charge on any atom is 0.410 e. The SMILES string of the molecule is CCCC[C@]1(O)CCCC[C@H]1n1cnc(C(=O)N2CCN(C(=O)OC(C)(C)C)C[C@H]2Cc2ccccc2)c1-c1ccccc1. The molecule has 1 saturated carbocycles. The second-order valence-electron chi connectivity index (χ2n) is 13.5. The molecular formula is C36H48N4O4. The van der Waals surface area contributed by atoms with Crippen molar-refractivity contribution < 1.29 is 19.4 Å². The van der Waals surface area contributed by atoms with Gasteiger partial charge in [-0.3, -0.25) is 4.79 Å². The van der Waals surface area contributed by atoms with Gasteiger partial charge in [0.05, 0.1) is 29.7 Å². The second-order valence-corrected chi connectivity index (χ2v) is 13.5. The van der Waals surface area contributed by atoms with Crippen molar-refractivity contribution in [1.29, 1.82) is 0 Å². The van der Waals surface area contributed by atoms with E-state index in [1.54, 1.807) is 11.2 Å². The first kappa shape index (κ1) is 31.8. The molecule has 0 radical (unpaired) electrons. The number of aromatic nitrogens is 2. The van der Waals surface area contributed by atoms with E-state index in [1.807, 2.05) is 74.2 Å². The number of carbonyl (C=O) groups is 2. The molecule has 1 aromatic heterocycles. The number of hydrogen-bond acceptors (Lipinski definition) is 5. The molecule has 236 valence electrons. The van der Waals surface area contributed by atoms with Crippen LogP contribution in [0.3, 0.4) is 0 Å². The molecule has 8 nitrogen and oxygen atoms in total. The van der Waals surface area contributed by atoms with Crippen LogP contribution < -0.4 is 0 Å². The van der Waals surface area contributed by atoms with E-state index in [4.69, 9.17) is 9.72 Å². The van der Waals surface area contributed by atoms with E-state index in [0.717, 1.165) is 61.8 Å². The standard InChI is InChI=1S/C36H48N4O4/c1-5-6-20-36(43)21-14-13-19-30(36)40-26-37-31(32(40)28-17-11-8-12-18-28)33(41)39-23-22-38(34(42)44-35(2,3)4)25-29(39)24-27-15-9-7-10-16-27/h7-12,15-18,26,29-30,43H,5-6,13-14,19-25H2,1-4H3/t29-,30-,36+/m1/s1. The number of aliphatic hydroxyl groups is 1. The van der Waals surface area contributed by atoms with Crippen LogP contribution in [-0.4, -0.2) is 73.3 Å². The Labute approximate surface area is 262 Å². The van der Waals surface area contributed by atoms with Crippen LogP contribution in [0.5, 0.6) is 0 Å². The molecule has 2 heterocycles. The van der Waals surface area contributed by atoms with Gasteiger partial charge in [0, 0.05) is 25.2 Å². The van der Waals surface area contributed by atoms with Crippen molar-refractivity contribution in [2.75, 3.05) is 19.6 Å². The second kappa shape index (κ2) is 13.6. The first-order chi connectivity index (χ1) is 21.1. The van der Waals surface area contributed by atoms with Crippen LogP contribution in [0.4, 0.5) is 4.79 Å². The van der Waals surface area contributed by atoms with E-state index >= 15 is 0 Å². The molecule has 0 spiro atoms. The fourth-order valence-electron chi connectivity index (χ4n) is 6.82. The molecule has 2 amide bonds. The van der Waals surface area contributed by atoms with E-state index < -0.39 is 11.2 Å². The monoisotopic (exact) mass is 600 g/mol. The Morgan fingerprint density at radius 3 is 2.41 bits per heavy atom. The molecule has 1 saturated heterocycles. The maximum absolute atomic E-state index is 14.6. The zero-order valence-corrected chi connectivity index (χ0v) is 26.7. The zero-order chi connectivity index (χ0) is 31.3. The van der Waals surface area contributed by atoms with Crippen LogP contribution in [0.15, 0.2) is 67.0 Å². The number of carbonyl (C=O) groups excluding carboxylic acids is 2. The molecule has 1 aliphatic carbocycles. The fraction of sp³-hybridized carbons (Fsp3) is 0.528. The van der Waals surface area contributed by atoms with E-state index in [9.17, 15) is 14.7 Å². The van der Waals surface area contributed by atoms with Crippen molar-refractivity contribution in [3.05, 3.63) is 78.2 Å². The van der Waals surface area contributed by atoms with Crippen molar-refractivity contribution in [2.24, 2.45) is 0 Å². The van der Waals surface area contributed by atoms with Crippen LogP contribution in [0.25, 0.3) is 11.3 Å². The highest BCUT2D eigenvalue weighted by Crippen LogP contribution is 2.43. The summed E-state index contributed by atoms with van der Waals surface area (Å²) in [5.41, 5.74) is 1.71. The predicted octanol–water partition coefficient (Wildman–Crippen LogP) is 6.89. The molecule has 0 unspecified atom stereocenters. The minimum atomic E-state index is -0.840. The lowest BCUT2D eigenvalue weighted by Crippen LogP contribution is -2.58. The number of benzene rings is 2. The highest BCUT2D eigenvalue weighted by Gasteiger charge is 2.42. The summed E-state index contributed by atoms with van der Waals surface area (Å²) in [6.07, 6.45) is 8.34. The van der Waals surface area contributed by atoms with Crippen LogP contribution in [0.1, 0.15) is 94.7 Å². The number of amides is 2. The third-order valence-electron chi connectivity index (χ3n) is 9.01. The highest BCUT2D eigenvalue weighted by molar-refractivity contribution is 5.98. The quantitative estimate of drug-likeness (QED) is 0.304. The van der Waals surface area contributed by atoms with Crippen molar-refractivity contribution in [3.63, 3.8) is 0 Å². The summed E-state index contributed by atoms with van der Waals surface area (Å²) >= 11 is 0. The van der Waals surface area contributed by atoms with Crippen molar-refractivity contribution in [3.8, 4) is 11.3 Å². The molecule has 44 heavy (non-hydrogen) atoms. The Bertz CT molecular complexity index is 1400. The fourth-order valence-corrected chi connectivity index (χ4v) is 6.82. The molecule has 2 fully saturated rings. The van der Waals surface area contributed by atoms with Gasteiger partial charge in [-0.15, -0.1) is 0 Å². The minimum Gasteiger partial charge on any atom is -0.444 e. The van der Waals surface area contributed by atoms with Crippen molar-refractivity contribution in [1.82, 2.24) is 19.4 Å². The lowest BCUT2D eigenvalue weighted by Gasteiger charge is -2.42. The number of unbranched alkanes of at least 4 members (excludes halogenated alkanes) is 1. The highest BCUT2D eigenvalue weighted by atomic mass is 16.6. The van der Waals surface area contributed by atoms with Gasteiger partial charge in [0.1, 0.15) is 5.60 Å². The van der Waals surface area contributed by atoms with E-state index in [2.05, 4.69) is 23.6 Å². The number of ether oxygens (including phenoxy) is 1. The van der Waals surface area contributed by atoms with Gasteiger partial charge in [-0.05, 0) is 52.0 Å². The van der Waals surface area contributed by atoms with Gasteiger partial charge in [0.2, 0.25) is 0 Å². The Balaban J connectivity index is 1.51. The molecular weight excluding hydrogens is 552 g/mol. The molecule has 3 aromatic rings. The maximum atomic E-state index is 14.6. The molecule has 2 aromatic carbocycles. The Kier molecular flexibility index (Phi) is 9.78. The number of imidazole rings is 1. The van der Waals surface area contributed by atoms with Gasteiger partial charge >= 0.3 is 6.09 Å². The number of piperazine rings is 1. The predicted molar refractivity (Wildman–Crippen MR) is 172 cm³/mol. The Morgan fingerprint density at radius 2 is 1.73 bits per heavy atom. The summed E-state index contributed by atoms with van der Waals surface area (Å²) in [4.78, 5) is 36.0.